The van der Waals surface area contributed by atoms with E-state index in [2.05, 4.69) is 26.6 Å². The zero-order chi connectivity index (χ0) is 15.5. The summed E-state index contributed by atoms with van der Waals surface area (Å²) in [6, 6.07) is 14.4. The van der Waals surface area contributed by atoms with Crippen LogP contribution in [-0.4, -0.2) is 17.9 Å². The summed E-state index contributed by atoms with van der Waals surface area (Å²) in [6.07, 6.45) is -0.880. The first-order valence-corrected chi connectivity index (χ1v) is 7.53. The second-order valence-electron chi connectivity index (χ2n) is 4.85. The zero-order valence-electron chi connectivity index (χ0n) is 11.5. The van der Waals surface area contributed by atoms with Crippen molar-refractivity contribution in [3.05, 3.63) is 53.0 Å². The van der Waals surface area contributed by atoms with E-state index < -0.39 is 6.10 Å². The first-order valence-electron chi connectivity index (χ1n) is 6.74. The van der Waals surface area contributed by atoms with Gasteiger partial charge in [0.25, 0.3) is 5.91 Å². The van der Waals surface area contributed by atoms with E-state index in [1.54, 1.807) is 24.3 Å². The molecular weight excluding hydrogens is 348 g/mol. The fourth-order valence-corrected chi connectivity index (χ4v) is 2.57. The third kappa shape index (κ3) is 3.28. The number of rotatable bonds is 3. The molecule has 6 heteroatoms. The molecule has 1 aliphatic rings. The van der Waals surface area contributed by atoms with Gasteiger partial charge in [0.1, 0.15) is 5.75 Å². The van der Waals surface area contributed by atoms with Crippen LogP contribution in [0.5, 0.6) is 5.75 Å². The number of halogens is 1. The van der Waals surface area contributed by atoms with E-state index in [0.717, 1.165) is 4.47 Å². The predicted octanol–water partition coefficient (Wildman–Crippen LogP) is 3.18. The van der Waals surface area contributed by atoms with Crippen LogP contribution in [0.15, 0.2) is 53.0 Å². The number of ether oxygens (including phenoxy) is 1. The summed E-state index contributed by atoms with van der Waals surface area (Å²) < 4.78 is 6.46. The molecule has 0 aliphatic carbocycles. The number of benzene rings is 2. The number of nitrogens with one attached hydrogen (secondary N) is 2. The average molecular weight is 361 g/mol. The van der Waals surface area contributed by atoms with E-state index in [4.69, 9.17) is 4.74 Å². The quantitative estimate of drug-likeness (QED) is 0.883. The van der Waals surface area contributed by atoms with Crippen molar-refractivity contribution in [1.82, 2.24) is 0 Å². The molecule has 0 saturated carbocycles. The smallest absolute Gasteiger partial charge is 0.266 e. The van der Waals surface area contributed by atoms with E-state index >= 15 is 0 Å². The van der Waals surface area contributed by atoms with Crippen molar-refractivity contribution >= 4 is 39.1 Å². The van der Waals surface area contributed by atoms with Crippen molar-refractivity contribution in [1.29, 1.82) is 0 Å². The third-order valence-corrected chi connectivity index (χ3v) is 3.68. The Balaban J connectivity index is 1.66. The molecule has 0 saturated heterocycles. The Bertz CT molecular complexity index is 733. The molecule has 1 heterocycles. The van der Waals surface area contributed by atoms with Crippen molar-refractivity contribution in [2.75, 3.05) is 10.6 Å². The highest BCUT2D eigenvalue weighted by atomic mass is 79.9. The van der Waals surface area contributed by atoms with E-state index in [9.17, 15) is 9.59 Å². The Morgan fingerprint density at radius 2 is 2.05 bits per heavy atom. The number of hydrogen-bond acceptors (Lipinski definition) is 3. The molecule has 0 aromatic heterocycles. The van der Waals surface area contributed by atoms with Crippen LogP contribution >= 0.6 is 15.9 Å². The highest BCUT2D eigenvalue weighted by Gasteiger charge is 2.29. The van der Waals surface area contributed by atoms with Crippen LogP contribution in [0.1, 0.15) is 6.42 Å². The van der Waals surface area contributed by atoms with Crippen LogP contribution in [0.3, 0.4) is 0 Å². The van der Waals surface area contributed by atoms with Crippen LogP contribution in [-0.2, 0) is 9.59 Å². The van der Waals surface area contributed by atoms with Gasteiger partial charge in [0.2, 0.25) is 5.91 Å². The molecular formula is C16H13BrN2O3. The molecule has 0 spiro atoms. The van der Waals surface area contributed by atoms with Gasteiger partial charge in [-0.15, -0.1) is 0 Å². The second kappa shape index (κ2) is 6.19. The van der Waals surface area contributed by atoms with Gasteiger partial charge in [-0.3, -0.25) is 9.59 Å². The number of hydrogen-bond donors (Lipinski definition) is 2. The Labute approximate surface area is 135 Å². The average Bonchev–Trinajstić information content (AvgIpc) is 2.48. The van der Waals surface area contributed by atoms with Gasteiger partial charge in [-0.05, 0) is 30.3 Å². The minimum atomic E-state index is -0.831. The predicted molar refractivity (Wildman–Crippen MR) is 86.9 cm³/mol. The maximum atomic E-state index is 12.1. The van der Waals surface area contributed by atoms with Crippen LogP contribution in [0.2, 0.25) is 0 Å². The highest BCUT2D eigenvalue weighted by molar-refractivity contribution is 9.10. The molecule has 0 unspecified atom stereocenters. The summed E-state index contributed by atoms with van der Waals surface area (Å²) in [6.45, 7) is 0. The standard InChI is InChI=1S/C16H13BrN2O3/c17-10-4-3-5-11(8-10)18-15(20)9-14-16(21)19-12-6-1-2-7-13(12)22-14/h1-8,14H,9H2,(H,18,20)(H,19,21)/t14-/m1/s1. The largest absolute Gasteiger partial charge is 0.478 e. The van der Waals surface area contributed by atoms with E-state index in [0.29, 0.717) is 17.1 Å². The lowest BCUT2D eigenvalue weighted by atomic mass is 10.1. The molecule has 0 bridgehead atoms. The van der Waals surface area contributed by atoms with Crippen LogP contribution in [0, 0.1) is 0 Å². The Kier molecular flexibility index (Phi) is 4.11. The molecule has 2 amide bonds. The monoisotopic (exact) mass is 360 g/mol. The number of para-hydroxylation sites is 2. The third-order valence-electron chi connectivity index (χ3n) is 3.19. The molecule has 3 rings (SSSR count). The SMILES string of the molecule is O=C(C[C@H]1Oc2ccccc2NC1=O)Nc1cccc(Br)c1. The lowest BCUT2D eigenvalue weighted by molar-refractivity contribution is -0.128. The number of carbonyl (C=O) groups is 2. The molecule has 2 N–H and O–H groups in total. The van der Waals surface area contributed by atoms with Crippen LogP contribution in [0.4, 0.5) is 11.4 Å². The molecule has 2 aromatic rings. The van der Waals surface area contributed by atoms with E-state index in [1.807, 2.05) is 24.3 Å². The fraction of sp³-hybridized carbons (Fsp3) is 0.125. The summed E-state index contributed by atoms with van der Waals surface area (Å²) in [4.78, 5) is 24.0. The molecule has 2 aromatic carbocycles. The van der Waals surface area contributed by atoms with E-state index in [-0.39, 0.29) is 18.2 Å². The Morgan fingerprint density at radius 1 is 1.23 bits per heavy atom. The van der Waals surface area contributed by atoms with Crippen molar-refractivity contribution in [3.63, 3.8) is 0 Å². The summed E-state index contributed by atoms with van der Waals surface area (Å²) in [5.74, 6) is -0.0249. The first-order chi connectivity index (χ1) is 10.6. The van der Waals surface area contributed by atoms with Crippen molar-refractivity contribution in [2.24, 2.45) is 0 Å². The molecule has 1 atom stereocenters. The van der Waals surface area contributed by atoms with Gasteiger partial charge in [0.15, 0.2) is 6.10 Å². The van der Waals surface area contributed by atoms with Crippen LogP contribution < -0.4 is 15.4 Å². The fourth-order valence-electron chi connectivity index (χ4n) is 2.17. The van der Waals surface area contributed by atoms with Gasteiger partial charge in [-0.2, -0.15) is 0 Å². The second-order valence-corrected chi connectivity index (χ2v) is 5.77. The summed E-state index contributed by atoms with van der Waals surface area (Å²) in [5, 5.41) is 5.48. The highest BCUT2D eigenvalue weighted by Crippen LogP contribution is 2.29. The molecule has 0 fully saturated rings. The maximum absolute atomic E-state index is 12.1. The van der Waals surface area contributed by atoms with Crippen molar-refractivity contribution in [2.45, 2.75) is 12.5 Å². The topological polar surface area (TPSA) is 67.4 Å². The first kappa shape index (κ1) is 14.6. The Hall–Kier alpha value is -2.34. The lowest BCUT2D eigenvalue weighted by Crippen LogP contribution is -2.39. The zero-order valence-corrected chi connectivity index (χ0v) is 13.1. The lowest BCUT2D eigenvalue weighted by Gasteiger charge is -2.25. The van der Waals surface area contributed by atoms with Gasteiger partial charge in [0, 0.05) is 10.2 Å². The maximum Gasteiger partial charge on any atom is 0.266 e. The van der Waals surface area contributed by atoms with Gasteiger partial charge < -0.3 is 15.4 Å². The minimum Gasteiger partial charge on any atom is -0.478 e. The molecule has 0 radical (unpaired) electrons. The van der Waals surface area contributed by atoms with Gasteiger partial charge in [0.05, 0.1) is 12.1 Å². The molecule has 1 aliphatic heterocycles. The van der Waals surface area contributed by atoms with Gasteiger partial charge in [-0.25, -0.2) is 0 Å². The summed E-state index contributed by atoms with van der Waals surface area (Å²) in [5.41, 5.74) is 1.28. The van der Waals surface area contributed by atoms with Gasteiger partial charge >= 0.3 is 0 Å². The number of carbonyl (C=O) groups excluding carboxylic acids is 2. The molecule has 112 valence electrons. The number of fused-ring (bicyclic) bond motifs is 1. The number of anilines is 2. The normalized spacial score (nSPS) is 16.2. The summed E-state index contributed by atoms with van der Waals surface area (Å²) >= 11 is 3.34. The summed E-state index contributed by atoms with van der Waals surface area (Å²) in [7, 11) is 0. The number of amides is 2. The molecule has 5 nitrogen and oxygen atoms in total. The molecule has 22 heavy (non-hydrogen) atoms. The van der Waals surface area contributed by atoms with Crippen molar-refractivity contribution < 1.29 is 14.3 Å². The Morgan fingerprint density at radius 3 is 2.86 bits per heavy atom. The minimum absolute atomic E-state index is 0.0489. The van der Waals surface area contributed by atoms with E-state index in [1.165, 1.54) is 0 Å². The van der Waals surface area contributed by atoms with Crippen molar-refractivity contribution in [3.8, 4) is 5.75 Å². The van der Waals surface area contributed by atoms with Crippen LogP contribution in [0.25, 0.3) is 0 Å². The van der Waals surface area contributed by atoms with Gasteiger partial charge in [-0.1, -0.05) is 34.1 Å².